The molecule has 0 saturated carbocycles. The van der Waals surface area contributed by atoms with Gasteiger partial charge in [0.2, 0.25) is 0 Å². The van der Waals surface area contributed by atoms with Gasteiger partial charge in [-0.1, -0.05) is 48.6 Å². The van der Waals surface area contributed by atoms with Gasteiger partial charge in [-0.05, 0) is 37.3 Å². The molecule has 0 saturated heterocycles. The summed E-state index contributed by atoms with van der Waals surface area (Å²) in [6.07, 6.45) is 8.11. The summed E-state index contributed by atoms with van der Waals surface area (Å²) < 4.78 is 2.55. The van der Waals surface area contributed by atoms with Crippen molar-refractivity contribution >= 4 is 21.8 Å². The first-order chi connectivity index (χ1) is 10.8. The molecule has 5 rings (SSSR count). The number of benzene rings is 2. The fourth-order valence-corrected chi connectivity index (χ4v) is 4.48. The number of aryl methyl sites for hydroxylation is 1. The lowest BCUT2D eigenvalue weighted by molar-refractivity contribution is 0.168. The van der Waals surface area contributed by atoms with Crippen LogP contribution in [0.5, 0.6) is 0 Å². The maximum Gasteiger partial charge on any atom is 0.0722 e. The Labute approximate surface area is 129 Å². The van der Waals surface area contributed by atoms with Crippen molar-refractivity contribution in [2.45, 2.75) is 37.3 Å². The topological polar surface area (TPSA) is 25.2 Å². The number of allylic oxidation sites excluding steroid dienone is 1. The molecule has 2 nitrogen and oxygen atoms in total. The average molecular weight is 289 g/mol. The van der Waals surface area contributed by atoms with Crippen molar-refractivity contribution in [3.05, 3.63) is 60.2 Å². The van der Waals surface area contributed by atoms with Crippen LogP contribution in [0.15, 0.2) is 54.6 Å². The summed E-state index contributed by atoms with van der Waals surface area (Å²) >= 11 is 0. The second-order valence-electron chi connectivity index (χ2n) is 6.73. The van der Waals surface area contributed by atoms with Crippen LogP contribution < -0.4 is 0 Å². The number of fused-ring (bicyclic) bond motifs is 4. The molecule has 110 valence electrons. The Morgan fingerprint density at radius 2 is 1.86 bits per heavy atom. The Kier molecular flexibility index (Phi) is 2.40. The van der Waals surface area contributed by atoms with Crippen LogP contribution in [0.3, 0.4) is 0 Å². The van der Waals surface area contributed by atoms with Gasteiger partial charge in [0.15, 0.2) is 0 Å². The molecule has 1 spiro atoms. The van der Waals surface area contributed by atoms with E-state index in [9.17, 15) is 5.11 Å². The second-order valence-corrected chi connectivity index (χ2v) is 6.73. The Morgan fingerprint density at radius 1 is 1.00 bits per heavy atom. The molecule has 22 heavy (non-hydrogen) atoms. The standard InChI is InChI=1S/C20H19NO/c22-15-9-12-20(13-10-15)11-8-14-4-3-6-17-16-5-1-2-7-18(16)21(20)19(14)17/h1-7,9,12,15,22H,8,10-11,13H2/t15?,20-/m1/s1. The molecule has 0 bridgehead atoms. The van der Waals surface area contributed by atoms with Crippen LogP contribution in [0.1, 0.15) is 24.8 Å². The monoisotopic (exact) mass is 289 g/mol. The van der Waals surface area contributed by atoms with Crippen LogP contribution in [0, 0.1) is 0 Å². The molecular weight excluding hydrogens is 270 g/mol. The first-order valence-corrected chi connectivity index (χ1v) is 8.17. The average Bonchev–Trinajstić information content (AvgIpc) is 2.91. The zero-order valence-corrected chi connectivity index (χ0v) is 12.5. The molecule has 1 aliphatic heterocycles. The van der Waals surface area contributed by atoms with Gasteiger partial charge in [0.05, 0.1) is 17.2 Å². The fourth-order valence-electron chi connectivity index (χ4n) is 4.48. The normalized spacial score (nSPS) is 27.0. The summed E-state index contributed by atoms with van der Waals surface area (Å²) in [6.45, 7) is 0. The third kappa shape index (κ3) is 1.48. The van der Waals surface area contributed by atoms with Gasteiger partial charge in [-0.2, -0.15) is 0 Å². The Morgan fingerprint density at radius 3 is 2.73 bits per heavy atom. The number of nitrogens with zero attached hydrogens (tertiary/aromatic N) is 1. The highest BCUT2D eigenvalue weighted by atomic mass is 16.3. The van der Waals surface area contributed by atoms with Crippen LogP contribution in [0.25, 0.3) is 21.8 Å². The summed E-state index contributed by atoms with van der Waals surface area (Å²) in [5, 5.41) is 12.6. The summed E-state index contributed by atoms with van der Waals surface area (Å²) in [4.78, 5) is 0. The summed E-state index contributed by atoms with van der Waals surface area (Å²) in [5.41, 5.74) is 4.22. The number of para-hydroxylation sites is 2. The number of rotatable bonds is 0. The van der Waals surface area contributed by atoms with Gasteiger partial charge in [-0.15, -0.1) is 0 Å². The van der Waals surface area contributed by atoms with Gasteiger partial charge in [0.25, 0.3) is 0 Å². The zero-order valence-electron chi connectivity index (χ0n) is 12.5. The third-order valence-corrected chi connectivity index (χ3v) is 5.55. The molecule has 3 aromatic rings. The van der Waals surface area contributed by atoms with Gasteiger partial charge >= 0.3 is 0 Å². The van der Waals surface area contributed by atoms with Gasteiger partial charge in [0.1, 0.15) is 0 Å². The Bertz CT molecular complexity index is 920. The van der Waals surface area contributed by atoms with Crippen LogP contribution in [0.2, 0.25) is 0 Å². The molecule has 2 aliphatic rings. The van der Waals surface area contributed by atoms with Crippen molar-refractivity contribution in [3.8, 4) is 0 Å². The summed E-state index contributed by atoms with van der Waals surface area (Å²) in [7, 11) is 0. The molecule has 2 heteroatoms. The molecule has 0 amide bonds. The number of hydrogen-bond donors (Lipinski definition) is 1. The molecular formula is C20H19NO. The van der Waals surface area contributed by atoms with Crippen molar-refractivity contribution < 1.29 is 5.11 Å². The minimum Gasteiger partial charge on any atom is -0.389 e. The predicted octanol–water partition coefficient (Wildman–Crippen LogP) is 4.15. The quantitative estimate of drug-likeness (QED) is 0.618. The Hall–Kier alpha value is -2.06. The van der Waals surface area contributed by atoms with Crippen LogP contribution >= 0.6 is 0 Å². The number of aliphatic hydroxyl groups is 1. The van der Waals surface area contributed by atoms with E-state index < -0.39 is 0 Å². The number of aromatic nitrogens is 1. The predicted molar refractivity (Wildman–Crippen MR) is 90.1 cm³/mol. The minimum absolute atomic E-state index is 0.0366. The van der Waals surface area contributed by atoms with E-state index in [0.717, 1.165) is 25.7 Å². The van der Waals surface area contributed by atoms with Crippen molar-refractivity contribution in [2.24, 2.45) is 0 Å². The highest BCUT2D eigenvalue weighted by Crippen LogP contribution is 2.45. The van der Waals surface area contributed by atoms with E-state index >= 15 is 0 Å². The van der Waals surface area contributed by atoms with E-state index in [1.807, 2.05) is 6.08 Å². The summed E-state index contributed by atoms with van der Waals surface area (Å²) in [6, 6.07) is 15.4. The van der Waals surface area contributed by atoms with E-state index in [1.165, 1.54) is 27.4 Å². The van der Waals surface area contributed by atoms with E-state index in [4.69, 9.17) is 0 Å². The zero-order chi connectivity index (χ0) is 14.7. The number of hydrogen-bond acceptors (Lipinski definition) is 1. The smallest absolute Gasteiger partial charge is 0.0722 e. The summed E-state index contributed by atoms with van der Waals surface area (Å²) in [5.74, 6) is 0. The van der Waals surface area contributed by atoms with Crippen LogP contribution in [-0.4, -0.2) is 15.8 Å². The lowest BCUT2D eigenvalue weighted by atomic mass is 9.79. The molecule has 1 N–H and O–H groups in total. The van der Waals surface area contributed by atoms with Crippen molar-refractivity contribution in [2.75, 3.05) is 0 Å². The van der Waals surface area contributed by atoms with E-state index in [0.29, 0.717) is 0 Å². The van der Waals surface area contributed by atoms with Crippen LogP contribution in [-0.2, 0) is 12.0 Å². The minimum atomic E-state index is -0.278. The number of aliphatic hydroxyl groups excluding tert-OH is 1. The third-order valence-electron chi connectivity index (χ3n) is 5.55. The molecule has 1 unspecified atom stereocenters. The van der Waals surface area contributed by atoms with E-state index in [-0.39, 0.29) is 11.6 Å². The molecule has 2 aromatic carbocycles. The van der Waals surface area contributed by atoms with Crippen molar-refractivity contribution in [3.63, 3.8) is 0 Å². The lowest BCUT2D eigenvalue weighted by Gasteiger charge is -2.41. The highest BCUT2D eigenvalue weighted by molar-refractivity contribution is 6.09. The van der Waals surface area contributed by atoms with Gasteiger partial charge < -0.3 is 9.67 Å². The molecule has 1 aliphatic carbocycles. The maximum absolute atomic E-state index is 9.88. The van der Waals surface area contributed by atoms with Crippen molar-refractivity contribution in [1.29, 1.82) is 0 Å². The first-order valence-electron chi connectivity index (χ1n) is 8.17. The first kappa shape index (κ1) is 12.5. The highest BCUT2D eigenvalue weighted by Gasteiger charge is 2.37. The molecule has 2 heterocycles. The molecule has 0 fully saturated rings. The molecule has 1 aromatic heterocycles. The second kappa shape index (κ2) is 4.23. The van der Waals surface area contributed by atoms with E-state index in [2.05, 4.69) is 53.1 Å². The van der Waals surface area contributed by atoms with Crippen molar-refractivity contribution in [1.82, 2.24) is 4.57 Å². The lowest BCUT2D eigenvalue weighted by Crippen LogP contribution is -2.38. The maximum atomic E-state index is 9.88. The molecule has 2 atom stereocenters. The Balaban J connectivity index is 1.95. The van der Waals surface area contributed by atoms with Crippen LogP contribution in [0.4, 0.5) is 0 Å². The van der Waals surface area contributed by atoms with Gasteiger partial charge in [-0.3, -0.25) is 0 Å². The van der Waals surface area contributed by atoms with Gasteiger partial charge in [-0.25, -0.2) is 0 Å². The van der Waals surface area contributed by atoms with Gasteiger partial charge in [0, 0.05) is 16.3 Å². The fraction of sp³-hybridized carbons (Fsp3) is 0.300. The van der Waals surface area contributed by atoms with E-state index in [1.54, 1.807) is 0 Å². The SMILES string of the molecule is OC1C=C[C@]2(CCc3cccc4c5ccccc5n2c34)CC1. The molecule has 0 radical (unpaired) electrons. The largest absolute Gasteiger partial charge is 0.389 e.